The number of nitrogens with two attached hydrogens (primary N) is 1. The summed E-state index contributed by atoms with van der Waals surface area (Å²) in [6, 6.07) is 3.58. The normalized spacial score (nSPS) is 27.8. The topological polar surface area (TPSA) is 47.3 Å². The van der Waals surface area contributed by atoms with Crippen LogP contribution < -0.4 is 11.1 Å². The number of anilines is 1. The smallest absolute Gasteiger partial charge is 0.302 e. The highest BCUT2D eigenvalue weighted by Gasteiger charge is 2.64. The molecule has 0 spiro atoms. The molecule has 2 rings (SSSR count). The molecule has 1 atom stereocenters. The van der Waals surface area contributed by atoms with E-state index in [1.807, 2.05) is 0 Å². The number of benzene rings is 1. The summed E-state index contributed by atoms with van der Waals surface area (Å²) in [4.78, 5) is 0.0876. The Morgan fingerprint density at radius 2 is 1.90 bits per heavy atom. The molecule has 1 aliphatic rings. The van der Waals surface area contributed by atoms with Crippen molar-refractivity contribution in [3.8, 4) is 0 Å². The maximum atomic E-state index is 15.0. The van der Waals surface area contributed by atoms with Crippen molar-refractivity contribution in [2.45, 2.75) is 37.8 Å². The van der Waals surface area contributed by atoms with Gasteiger partial charge in [-0.1, -0.05) is 12.2 Å². The molecule has 0 aromatic heterocycles. The molecule has 1 saturated heterocycles. The lowest BCUT2D eigenvalue weighted by Crippen LogP contribution is -2.62. The molecule has 116 valence electrons. The van der Waals surface area contributed by atoms with Crippen LogP contribution in [0.4, 0.5) is 18.9 Å². The third kappa shape index (κ3) is 2.38. The van der Waals surface area contributed by atoms with E-state index >= 15 is 8.78 Å². The number of halogens is 3. The number of ether oxygens (including phenoxy) is 1. The predicted octanol–water partition coefficient (Wildman–Crippen LogP) is 2.98. The zero-order valence-corrected chi connectivity index (χ0v) is 12.8. The maximum absolute atomic E-state index is 15.0. The van der Waals surface area contributed by atoms with E-state index in [9.17, 15) is 4.39 Å². The molecule has 0 amide bonds. The Kier molecular flexibility index (Phi) is 3.70. The van der Waals surface area contributed by atoms with E-state index in [2.05, 4.69) is 5.32 Å². The lowest BCUT2D eigenvalue weighted by Gasteiger charge is -2.43. The number of thiocarbonyl (C=S) groups is 1. The minimum absolute atomic E-state index is 0.0876. The Bertz CT molecular complexity index is 592. The van der Waals surface area contributed by atoms with E-state index in [0.29, 0.717) is 0 Å². The van der Waals surface area contributed by atoms with Crippen LogP contribution in [0, 0.1) is 5.82 Å². The van der Waals surface area contributed by atoms with Crippen molar-refractivity contribution >= 4 is 22.9 Å². The van der Waals surface area contributed by atoms with Gasteiger partial charge >= 0.3 is 5.92 Å². The second kappa shape index (κ2) is 4.84. The van der Waals surface area contributed by atoms with Gasteiger partial charge in [-0.15, -0.1) is 0 Å². The van der Waals surface area contributed by atoms with Gasteiger partial charge in [0.25, 0.3) is 0 Å². The summed E-state index contributed by atoms with van der Waals surface area (Å²) in [6.45, 7) is 3.56. The molecule has 7 heteroatoms. The predicted molar refractivity (Wildman–Crippen MR) is 78.9 cm³/mol. The van der Waals surface area contributed by atoms with Crippen molar-refractivity contribution in [1.29, 1.82) is 0 Å². The van der Waals surface area contributed by atoms with E-state index in [-0.39, 0.29) is 22.8 Å². The highest BCUT2D eigenvalue weighted by atomic mass is 32.1. The van der Waals surface area contributed by atoms with Gasteiger partial charge in [0, 0.05) is 11.3 Å². The second-order valence-electron chi connectivity index (χ2n) is 5.79. The highest BCUT2D eigenvalue weighted by molar-refractivity contribution is 7.80. The highest BCUT2D eigenvalue weighted by Crippen LogP contribution is 2.48. The lowest BCUT2D eigenvalue weighted by molar-refractivity contribution is -0.216. The summed E-state index contributed by atoms with van der Waals surface area (Å²) < 4.78 is 49.4. The van der Waals surface area contributed by atoms with Crippen molar-refractivity contribution in [2.75, 3.05) is 12.3 Å². The van der Waals surface area contributed by atoms with Crippen LogP contribution in [0.1, 0.15) is 26.3 Å². The number of hydrogen-bond donors (Lipinski definition) is 2. The van der Waals surface area contributed by atoms with Crippen molar-refractivity contribution in [3.63, 3.8) is 0 Å². The number of alkyl halides is 2. The molecule has 1 aromatic rings. The van der Waals surface area contributed by atoms with E-state index in [1.165, 1.54) is 32.9 Å². The first kappa shape index (κ1) is 16.0. The van der Waals surface area contributed by atoms with Crippen LogP contribution >= 0.6 is 12.2 Å². The van der Waals surface area contributed by atoms with E-state index < -0.39 is 22.9 Å². The van der Waals surface area contributed by atoms with Crippen LogP contribution in [0.2, 0.25) is 0 Å². The third-order valence-corrected chi connectivity index (χ3v) is 4.09. The summed E-state index contributed by atoms with van der Waals surface area (Å²) in [5, 5.41) is 2.55. The number of hydrogen-bond acceptors (Lipinski definition) is 3. The molecule has 1 aromatic carbocycles. The number of nitrogen functional groups attached to an aromatic ring is 1. The first-order chi connectivity index (χ1) is 9.51. The Morgan fingerprint density at radius 1 is 1.29 bits per heavy atom. The van der Waals surface area contributed by atoms with Crippen LogP contribution in [0.25, 0.3) is 0 Å². The minimum Gasteiger partial charge on any atom is -0.399 e. The van der Waals surface area contributed by atoms with Gasteiger partial charge in [0.05, 0.1) is 6.61 Å². The number of rotatable bonds is 1. The summed E-state index contributed by atoms with van der Waals surface area (Å²) in [6.07, 6.45) is 0. The van der Waals surface area contributed by atoms with Gasteiger partial charge < -0.3 is 15.8 Å². The van der Waals surface area contributed by atoms with Crippen molar-refractivity contribution < 1.29 is 17.9 Å². The molecule has 0 saturated carbocycles. The van der Waals surface area contributed by atoms with E-state index in [0.717, 1.165) is 6.07 Å². The van der Waals surface area contributed by atoms with Gasteiger partial charge in [0.1, 0.15) is 21.9 Å². The molecule has 3 N–H and O–H groups in total. The Labute approximate surface area is 126 Å². The van der Waals surface area contributed by atoms with Crippen molar-refractivity contribution in [2.24, 2.45) is 0 Å². The van der Waals surface area contributed by atoms with Gasteiger partial charge in [-0.3, -0.25) is 0 Å². The molecular formula is C14H17F3N2OS. The summed E-state index contributed by atoms with van der Waals surface area (Å²) in [5.41, 5.74) is 1.68. The van der Waals surface area contributed by atoms with Crippen LogP contribution in [0.15, 0.2) is 18.2 Å². The van der Waals surface area contributed by atoms with Gasteiger partial charge in [0.2, 0.25) is 0 Å². The Balaban J connectivity index is 2.70. The molecule has 0 aliphatic carbocycles. The van der Waals surface area contributed by atoms with E-state index in [4.69, 9.17) is 22.7 Å². The summed E-state index contributed by atoms with van der Waals surface area (Å²) in [5.74, 6) is -4.21. The van der Waals surface area contributed by atoms with Gasteiger partial charge in [-0.05, 0) is 39.0 Å². The molecule has 1 unspecified atom stereocenters. The Hall–Kier alpha value is -1.34. The fraction of sp³-hybridized carbons (Fsp3) is 0.500. The summed E-state index contributed by atoms with van der Waals surface area (Å²) >= 11 is 5.00. The van der Waals surface area contributed by atoms with Crippen LogP contribution in [-0.2, 0) is 10.3 Å². The van der Waals surface area contributed by atoms with Crippen LogP contribution in [0.5, 0.6) is 0 Å². The molecular weight excluding hydrogens is 301 g/mol. The van der Waals surface area contributed by atoms with Crippen LogP contribution in [-0.4, -0.2) is 23.1 Å². The second-order valence-corrected chi connectivity index (χ2v) is 6.28. The average Bonchev–Trinajstić information content (AvgIpc) is 2.43. The number of nitrogens with one attached hydrogen (secondary N) is 1. The molecule has 1 aliphatic heterocycles. The molecule has 1 heterocycles. The monoisotopic (exact) mass is 318 g/mol. The zero-order chi connectivity index (χ0) is 16.1. The molecule has 0 radical (unpaired) electrons. The largest absolute Gasteiger partial charge is 0.399 e. The first-order valence-corrected chi connectivity index (χ1v) is 6.80. The van der Waals surface area contributed by atoms with Gasteiger partial charge in [0.15, 0.2) is 0 Å². The average molecular weight is 318 g/mol. The minimum atomic E-state index is -3.44. The van der Waals surface area contributed by atoms with Gasteiger partial charge in [-0.2, -0.15) is 0 Å². The van der Waals surface area contributed by atoms with E-state index in [1.54, 1.807) is 0 Å². The Morgan fingerprint density at radius 3 is 2.52 bits per heavy atom. The quantitative estimate of drug-likeness (QED) is 0.617. The van der Waals surface area contributed by atoms with Crippen molar-refractivity contribution in [3.05, 3.63) is 29.6 Å². The fourth-order valence-corrected chi connectivity index (χ4v) is 2.76. The van der Waals surface area contributed by atoms with Gasteiger partial charge in [-0.25, -0.2) is 13.2 Å². The molecule has 21 heavy (non-hydrogen) atoms. The molecule has 3 nitrogen and oxygen atoms in total. The van der Waals surface area contributed by atoms with Crippen LogP contribution in [0.3, 0.4) is 0 Å². The maximum Gasteiger partial charge on any atom is 0.302 e. The fourth-order valence-electron chi connectivity index (χ4n) is 2.49. The zero-order valence-electron chi connectivity index (χ0n) is 12.0. The lowest BCUT2D eigenvalue weighted by atomic mass is 9.77. The third-order valence-electron chi connectivity index (χ3n) is 3.87. The standard InChI is InChI=1S/C14H17F3N2OS/c1-12(2)14(16,17)13(3,19-11(21)7-20-12)9-6-8(18)4-5-10(9)15/h4-6H,7,18H2,1-3H3,(H,19,21). The molecule has 0 bridgehead atoms. The summed E-state index contributed by atoms with van der Waals surface area (Å²) in [7, 11) is 0. The SMILES string of the molecule is CC1(C)OCC(=S)NC(C)(c2cc(N)ccc2F)C1(F)F. The molecule has 1 fully saturated rings. The van der Waals surface area contributed by atoms with Crippen molar-refractivity contribution in [1.82, 2.24) is 5.32 Å². The first-order valence-electron chi connectivity index (χ1n) is 6.39.